The van der Waals surface area contributed by atoms with Crippen molar-refractivity contribution >= 4 is 27.8 Å². The zero-order chi connectivity index (χ0) is 14.6. The van der Waals surface area contributed by atoms with Gasteiger partial charge in [-0.3, -0.25) is 9.48 Å². The summed E-state index contributed by atoms with van der Waals surface area (Å²) in [6.45, 7) is 0.158. The van der Waals surface area contributed by atoms with Gasteiger partial charge in [-0.05, 0) is 24.3 Å². The van der Waals surface area contributed by atoms with Gasteiger partial charge in [-0.2, -0.15) is 16.9 Å². The number of hydrogen-bond acceptors (Lipinski definition) is 5. The van der Waals surface area contributed by atoms with Crippen molar-refractivity contribution in [2.24, 2.45) is 0 Å². The molecule has 20 heavy (non-hydrogen) atoms. The Hall–Kier alpha value is -1.06. The highest BCUT2D eigenvalue weighted by molar-refractivity contribution is 7.99. The second-order valence-electron chi connectivity index (χ2n) is 4.59. The van der Waals surface area contributed by atoms with Crippen molar-refractivity contribution in [3.63, 3.8) is 0 Å². The molecule has 0 bridgehead atoms. The highest BCUT2D eigenvalue weighted by atomic mass is 32.2. The minimum atomic E-state index is -3.57. The van der Waals surface area contributed by atoms with E-state index in [0.717, 1.165) is 24.3 Å². The number of nitrogens with zero attached hydrogens (tertiary/aromatic N) is 2. The summed E-state index contributed by atoms with van der Waals surface area (Å²) in [4.78, 5) is 10.5. The number of aryl methyl sites for hydroxylation is 1. The molecular weight excluding hydrogens is 302 g/mol. The van der Waals surface area contributed by atoms with Crippen molar-refractivity contribution < 1.29 is 18.3 Å². The van der Waals surface area contributed by atoms with E-state index in [2.05, 4.69) is 9.82 Å². The molecule has 0 unspecified atom stereocenters. The maximum Gasteiger partial charge on any atom is 0.305 e. The fourth-order valence-corrected chi connectivity index (χ4v) is 4.28. The topological polar surface area (TPSA) is 101 Å². The van der Waals surface area contributed by atoms with Gasteiger partial charge in [-0.25, -0.2) is 13.1 Å². The Labute approximate surface area is 121 Å². The van der Waals surface area contributed by atoms with E-state index in [0.29, 0.717) is 0 Å². The molecule has 1 aromatic heterocycles. The molecule has 7 nitrogen and oxygen atoms in total. The molecule has 1 aliphatic heterocycles. The minimum Gasteiger partial charge on any atom is -0.481 e. The van der Waals surface area contributed by atoms with Crippen LogP contribution in [0.4, 0.5) is 0 Å². The summed E-state index contributed by atoms with van der Waals surface area (Å²) in [5, 5.41) is 12.5. The number of aliphatic carboxylic acids is 1. The van der Waals surface area contributed by atoms with Crippen LogP contribution in [0.5, 0.6) is 0 Å². The van der Waals surface area contributed by atoms with Crippen molar-refractivity contribution in [1.29, 1.82) is 0 Å². The van der Waals surface area contributed by atoms with Crippen LogP contribution >= 0.6 is 11.8 Å². The van der Waals surface area contributed by atoms with Crippen LogP contribution in [0.2, 0.25) is 0 Å². The molecule has 0 aliphatic carbocycles. The van der Waals surface area contributed by atoms with Crippen LogP contribution in [0, 0.1) is 0 Å². The third-order valence-electron chi connectivity index (χ3n) is 3.02. The van der Waals surface area contributed by atoms with Crippen molar-refractivity contribution in [1.82, 2.24) is 14.5 Å². The molecule has 1 saturated heterocycles. The fraction of sp³-hybridized carbons (Fsp3) is 0.636. The molecule has 0 spiro atoms. The van der Waals surface area contributed by atoms with Crippen LogP contribution in [0.15, 0.2) is 17.3 Å². The Bertz CT molecular complexity index is 564. The second kappa shape index (κ2) is 6.59. The summed E-state index contributed by atoms with van der Waals surface area (Å²) in [5.41, 5.74) is 0. The van der Waals surface area contributed by atoms with Gasteiger partial charge in [0.15, 0.2) is 0 Å². The smallest absolute Gasteiger partial charge is 0.305 e. The van der Waals surface area contributed by atoms with Gasteiger partial charge in [0.05, 0.1) is 19.2 Å². The van der Waals surface area contributed by atoms with Gasteiger partial charge in [0.2, 0.25) is 10.0 Å². The molecule has 0 radical (unpaired) electrons. The summed E-state index contributed by atoms with van der Waals surface area (Å²) in [5.74, 6) is 0.985. The number of carboxylic acids is 1. The quantitative estimate of drug-likeness (QED) is 0.793. The van der Waals surface area contributed by atoms with Gasteiger partial charge >= 0.3 is 5.97 Å². The first-order valence-electron chi connectivity index (χ1n) is 6.32. The van der Waals surface area contributed by atoms with Crippen molar-refractivity contribution in [2.75, 3.05) is 11.5 Å². The van der Waals surface area contributed by atoms with E-state index in [1.165, 1.54) is 17.1 Å². The standard InChI is InChI=1S/C11H17N3O4S2/c15-11(16)1-4-14-8-10(7-12-14)20(17,18)13-9-2-5-19-6-3-9/h7-9,13H,1-6H2,(H,15,16). The highest BCUT2D eigenvalue weighted by Crippen LogP contribution is 2.19. The van der Waals surface area contributed by atoms with Gasteiger partial charge in [0.25, 0.3) is 0 Å². The predicted octanol–water partition coefficient (Wildman–Crippen LogP) is 0.532. The number of aromatic nitrogens is 2. The van der Waals surface area contributed by atoms with Gasteiger partial charge in [-0.15, -0.1) is 0 Å². The maximum absolute atomic E-state index is 12.2. The summed E-state index contributed by atoms with van der Waals surface area (Å²) in [6.07, 6.45) is 4.19. The Balaban J connectivity index is 1.99. The van der Waals surface area contributed by atoms with Crippen molar-refractivity contribution in [3.8, 4) is 0 Å². The van der Waals surface area contributed by atoms with E-state index in [4.69, 9.17) is 5.11 Å². The van der Waals surface area contributed by atoms with Crippen molar-refractivity contribution in [3.05, 3.63) is 12.4 Å². The molecule has 0 aromatic carbocycles. The lowest BCUT2D eigenvalue weighted by Crippen LogP contribution is -2.37. The lowest BCUT2D eigenvalue weighted by molar-refractivity contribution is -0.137. The fourth-order valence-electron chi connectivity index (χ4n) is 1.92. The summed E-state index contributed by atoms with van der Waals surface area (Å²) in [7, 11) is -3.57. The number of carboxylic acid groups (broad SMARTS) is 1. The number of hydrogen-bond donors (Lipinski definition) is 2. The van der Waals surface area contributed by atoms with Crippen molar-refractivity contribution in [2.45, 2.75) is 36.7 Å². The van der Waals surface area contributed by atoms with Gasteiger partial charge < -0.3 is 5.11 Å². The van der Waals surface area contributed by atoms with E-state index >= 15 is 0 Å². The first-order chi connectivity index (χ1) is 9.47. The SMILES string of the molecule is O=C(O)CCn1cc(S(=O)(=O)NC2CCSCC2)cn1. The summed E-state index contributed by atoms with van der Waals surface area (Å²) in [6, 6.07) is -0.0244. The molecule has 2 heterocycles. The summed E-state index contributed by atoms with van der Waals surface area (Å²) < 4.78 is 28.3. The molecule has 9 heteroatoms. The van der Waals surface area contributed by atoms with Gasteiger partial charge in [0.1, 0.15) is 4.90 Å². The molecule has 1 aliphatic rings. The molecule has 1 aromatic rings. The van der Waals surface area contributed by atoms with Crippen LogP contribution in [0.3, 0.4) is 0 Å². The number of sulfonamides is 1. The number of carbonyl (C=O) groups is 1. The molecule has 112 valence electrons. The van der Waals surface area contributed by atoms with E-state index in [1.807, 2.05) is 11.8 Å². The van der Waals surface area contributed by atoms with E-state index < -0.39 is 16.0 Å². The van der Waals surface area contributed by atoms with Gasteiger partial charge in [0, 0.05) is 12.2 Å². The van der Waals surface area contributed by atoms with Gasteiger partial charge in [-0.1, -0.05) is 0 Å². The molecule has 0 atom stereocenters. The van der Waals surface area contributed by atoms with Crippen LogP contribution < -0.4 is 4.72 Å². The highest BCUT2D eigenvalue weighted by Gasteiger charge is 2.23. The Morgan fingerprint density at radius 1 is 1.50 bits per heavy atom. The monoisotopic (exact) mass is 319 g/mol. The first kappa shape index (κ1) is 15.3. The third-order valence-corrected chi connectivity index (χ3v) is 5.54. The number of thioether (sulfide) groups is 1. The van der Waals surface area contributed by atoms with Crippen LogP contribution in [0.25, 0.3) is 0 Å². The van der Waals surface area contributed by atoms with E-state index in [1.54, 1.807) is 0 Å². The Morgan fingerprint density at radius 3 is 2.85 bits per heavy atom. The lowest BCUT2D eigenvalue weighted by atomic mass is 10.2. The van der Waals surface area contributed by atoms with Crippen LogP contribution in [-0.2, 0) is 21.4 Å². The van der Waals surface area contributed by atoms with E-state index in [9.17, 15) is 13.2 Å². The predicted molar refractivity (Wildman–Crippen MR) is 75.1 cm³/mol. The van der Waals surface area contributed by atoms with Crippen LogP contribution in [-0.4, -0.2) is 46.8 Å². The zero-order valence-electron chi connectivity index (χ0n) is 10.9. The first-order valence-corrected chi connectivity index (χ1v) is 8.95. The molecule has 2 rings (SSSR count). The Kier molecular flexibility index (Phi) is 5.06. The number of nitrogens with one attached hydrogen (secondary N) is 1. The molecule has 2 N–H and O–H groups in total. The number of rotatable bonds is 6. The maximum atomic E-state index is 12.2. The normalized spacial score (nSPS) is 17.2. The summed E-state index contributed by atoms with van der Waals surface area (Å²) >= 11 is 1.83. The molecule has 0 amide bonds. The Morgan fingerprint density at radius 2 is 2.20 bits per heavy atom. The minimum absolute atomic E-state index is 0.0244. The molecule has 0 saturated carbocycles. The van der Waals surface area contributed by atoms with E-state index in [-0.39, 0.29) is 23.9 Å². The molecule has 1 fully saturated rings. The largest absolute Gasteiger partial charge is 0.481 e. The zero-order valence-corrected chi connectivity index (χ0v) is 12.5. The average Bonchev–Trinajstić information content (AvgIpc) is 2.86. The molecular formula is C11H17N3O4S2. The average molecular weight is 319 g/mol. The third kappa shape index (κ3) is 4.22. The van der Waals surface area contributed by atoms with Crippen LogP contribution in [0.1, 0.15) is 19.3 Å². The second-order valence-corrected chi connectivity index (χ2v) is 7.53. The lowest BCUT2D eigenvalue weighted by Gasteiger charge is -2.21.